The summed E-state index contributed by atoms with van der Waals surface area (Å²) in [6.45, 7) is 2.80. The number of pyridine rings is 3. The van der Waals surface area contributed by atoms with Gasteiger partial charge >= 0.3 is 0 Å². The maximum absolute atomic E-state index is 13.8. The highest BCUT2D eigenvalue weighted by atomic mass is 19.3. The summed E-state index contributed by atoms with van der Waals surface area (Å²) >= 11 is 0. The highest BCUT2D eigenvalue weighted by Gasteiger charge is 2.37. The summed E-state index contributed by atoms with van der Waals surface area (Å²) in [6.07, 6.45) is 9.63. The van der Waals surface area contributed by atoms with E-state index in [4.69, 9.17) is 4.98 Å². The number of imidazole rings is 1. The molecule has 8 nitrogen and oxygen atoms in total. The molecule has 1 aliphatic rings. The summed E-state index contributed by atoms with van der Waals surface area (Å²) in [7, 11) is 0. The maximum atomic E-state index is 13.8. The second-order valence-corrected chi connectivity index (χ2v) is 10.3. The smallest absolute Gasteiger partial charge is 0.261 e. The third kappa shape index (κ3) is 4.50. The number of fused-ring (bicyclic) bond motifs is 2. The average molecular weight is 537 g/mol. The predicted octanol–water partition coefficient (Wildman–Crippen LogP) is 6.03. The van der Waals surface area contributed by atoms with Crippen LogP contribution in [0.5, 0.6) is 0 Å². The molecule has 1 aliphatic heterocycles. The molecule has 5 aromatic heterocycles. The number of H-pyrrole nitrogens is 2. The number of halogens is 2. The fourth-order valence-corrected chi connectivity index (χ4v) is 5.45. The SMILES string of the molecule is CCc1cc(CN2CCC(F)(F)C2)cc(-c2cnc3n[nH]c(-c4nc5c(-c6cccnc6)cncc5[nH]4)c3c2)c1. The normalized spacial score (nSPS) is 15.4. The van der Waals surface area contributed by atoms with E-state index in [0.717, 1.165) is 61.9 Å². The zero-order chi connectivity index (χ0) is 27.3. The first-order chi connectivity index (χ1) is 19.5. The van der Waals surface area contributed by atoms with Gasteiger partial charge in [-0.25, -0.2) is 18.7 Å². The highest BCUT2D eigenvalue weighted by molar-refractivity contribution is 5.96. The van der Waals surface area contributed by atoms with Gasteiger partial charge in [0.1, 0.15) is 11.2 Å². The number of aromatic amines is 2. The molecule has 10 heteroatoms. The number of alkyl halides is 2. The Kier molecular flexibility index (Phi) is 5.85. The van der Waals surface area contributed by atoms with Crippen molar-refractivity contribution in [2.45, 2.75) is 32.2 Å². The quantitative estimate of drug-likeness (QED) is 0.270. The molecule has 0 bridgehead atoms. The Hall–Kier alpha value is -4.57. The van der Waals surface area contributed by atoms with E-state index in [-0.39, 0.29) is 13.0 Å². The van der Waals surface area contributed by atoms with Gasteiger partial charge < -0.3 is 4.98 Å². The topological polar surface area (TPSA) is 99.3 Å². The van der Waals surface area contributed by atoms with Crippen molar-refractivity contribution in [3.8, 4) is 33.8 Å². The number of rotatable bonds is 6. The largest absolute Gasteiger partial charge is 0.335 e. The standard InChI is InChI=1S/C30H26F2N8/c1-2-18-8-19(16-40-7-5-30(31,32)17-40)10-21(9-18)22-11-23-27(38-39-28(23)35-13-22)29-36-25-15-34-14-24(26(25)37-29)20-4-3-6-33-12-20/h3-4,6,8-15H,2,5,7,16-17H2,1H3,(H,36,37)(H,35,38,39). The van der Waals surface area contributed by atoms with Gasteiger partial charge in [-0.3, -0.25) is 20.0 Å². The van der Waals surface area contributed by atoms with Gasteiger partial charge in [-0.05, 0) is 41.3 Å². The molecule has 1 saturated heterocycles. The Morgan fingerprint density at radius 2 is 1.88 bits per heavy atom. The Morgan fingerprint density at radius 3 is 2.67 bits per heavy atom. The second kappa shape index (κ2) is 9.56. The molecule has 0 amide bonds. The lowest BCUT2D eigenvalue weighted by Crippen LogP contribution is -2.24. The van der Waals surface area contributed by atoms with Crippen molar-refractivity contribution < 1.29 is 8.78 Å². The minimum Gasteiger partial charge on any atom is -0.335 e. The van der Waals surface area contributed by atoms with Crippen molar-refractivity contribution in [3.05, 3.63) is 78.5 Å². The Morgan fingerprint density at radius 1 is 0.975 bits per heavy atom. The van der Waals surface area contributed by atoms with Crippen LogP contribution in [0.25, 0.3) is 55.8 Å². The van der Waals surface area contributed by atoms with Gasteiger partial charge in [0, 0.05) is 61.0 Å². The van der Waals surface area contributed by atoms with E-state index in [1.807, 2.05) is 17.0 Å². The van der Waals surface area contributed by atoms with Crippen molar-refractivity contribution in [3.63, 3.8) is 0 Å². The zero-order valence-electron chi connectivity index (χ0n) is 21.8. The molecular formula is C30H26F2N8. The lowest BCUT2D eigenvalue weighted by atomic mass is 9.98. The van der Waals surface area contributed by atoms with E-state index in [0.29, 0.717) is 24.6 Å². The molecule has 40 heavy (non-hydrogen) atoms. The van der Waals surface area contributed by atoms with Gasteiger partial charge in [0.25, 0.3) is 5.92 Å². The van der Waals surface area contributed by atoms with Crippen LogP contribution in [-0.2, 0) is 13.0 Å². The molecule has 0 atom stereocenters. The summed E-state index contributed by atoms with van der Waals surface area (Å²) in [6, 6.07) is 12.2. The summed E-state index contributed by atoms with van der Waals surface area (Å²) in [5.74, 6) is -1.98. The minimum absolute atomic E-state index is 0.0846. The second-order valence-electron chi connectivity index (χ2n) is 10.3. The number of nitrogens with one attached hydrogen (secondary N) is 2. The van der Waals surface area contributed by atoms with Crippen LogP contribution in [-0.4, -0.2) is 59.0 Å². The lowest BCUT2D eigenvalue weighted by Gasteiger charge is -2.17. The summed E-state index contributed by atoms with van der Waals surface area (Å²) in [4.78, 5) is 23.3. The first-order valence-electron chi connectivity index (χ1n) is 13.3. The third-order valence-electron chi connectivity index (χ3n) is 7.46. The Bertz CT molecular complexity index is 1840. The first-order valence-corrected chi connectivity index (χ1v) is 13.3. The highest BCUT2D eigenvalue weighted by Crippen LogP contribution is 2.33. The van der Waals surface area contributed by atoms with Crippen LogP contribution in [0.2, 0.25) is 0 Å². The minimum atomic E-state index is -2.61. The van der Waals surface area contributed by atoms with Crippen molar-refractivity contribution in [1.29, 1.82) is 0 Å². The van der Waals surface area contributed by atoms with Gasteiger partial charge in [-0.15, -0.1) is 0 Å². The van der Waals surface area contributed by atoms with E-state index in [2.05, 4.69) is 61.3 Å². The lowest BCUT2D eigenvalue weighted by molar-refractivity contribution is 0.0115. The molecule has 1 fully saturated rings. The van der Waals surface area contributed by atoms with Gasteiger partial charge in [0.15, 0.2) is 11.5 Å². The van der Waals surface area contributed by atoms with E-state index < -0.39 is 5.92 Å². The summed E-state index contributed by atoms with van der Waals surface area (Å²) in [5, 5.41) is 8.35. The monoisotopic (exact) mass is 536 g/mol. The number of benzene rings is 1. The fourth-order valence-electron chi connectivity index (χ4n) is 5.45. The molecule has 200 valence electrons. The van der Waals surface area contributed by atoms with Crippen LogP contribution in [0.15, 0.2) is 67.4 Å². The van der Waals surface area contributed by atoms with E-state index in [9.17, 15) is 8.78 Å². The van der Waals surface area contributed by atoms with Crippen LogP contribution in [0.3, 0.4) is 0 Å². The predicted molar refractivity (Wildman–Crippen MR) is 150 cm³/mol. The molecule has 2 N–H and O–H groups in total. The van der Waals surface area contributed by atoms with E-state index in [1.165, 1.54) is 0 Å². The Labute approximate surface area is 228 Å². The molecular weight excluding hydrogens is 510 g/mol. The fraction of sp³-hybridized carbons (Fsp3) is 0.233. The van der Waals surface area contributed by atoms with Crippen LogP contribution in [0.1, 0.15) is 24.5 Å². The molecule has 7 rings (SSSR count). The molecule has 1 aromatic carbocycles. The Balaban J connectivity index is 1.27. The van der Waals surface area contributed by atoms with Crippen molar-refractivity contribution in [2.24, 2.45) is 0 Å². The maximum Gasteiger partial charge on any atom is 0.261 e. The van der Waals surface area contributed by atoms with Gasteiger partial charge in [0.2, 0.25) is 0 Å². The number of hydrogen-bond donors (Lipinski definition) is 2. The molecule has 6 aromatic rings. The van der Waals surface area contributed by atoms with Crippen LogP contribution in [0.4, 0.5) is 8.78 Å². The zero-order valence-corrected chi connectivity index (χ0v) is 21.8. The summed E-state index contributed by atoms with van der Waals surface area (Å²) in [5.41, 5.74) is 8.80. The number of aromatic nitrogens is 7. The first kappa shape index (κ1) is 24.5. The molecule has 0 unspecified atom stereocenters. The molecule has 0 saturated carbocycles. The van der Waals surface area contributed by atoms with Crippen LogP contribution < -0.4 is 0 Å². The molecule has 0 radical (unpaired) electrons. The number of likely N-dealkylation sites (tertiary alicyclic amines) is 1. The molecule has 6 heterocycles. The number of aryl methyl sites for hydroxylation is 1. The van der Waals surface area contributed by atoms with Crippen LogP contribution >= 0.6 is 0 Å². The van der Waals surface area contributed by atoms with Gasteiger partial charge in [0.05, 0.1) is 23.6 Å². The van der Waals surface area contributed by atoms with Gasteiger partial charge in [-0.1, -0.05) is 25.1 Å². The number of hydrogen-bond acceptors (Lipinski definition) is 6. The van der Waals surface area contributed by atoms with Crippen LogP contribution in [0, 0.1) is 0 Å². The van der Waals surface area contributed by atoms with Crippen molar-refractivity contribution in [2.75, 3.05) is 13.1 Å². The molecule has 0 aliphatic carbocycles. The summed E-state index contributed by atoms with van der Waals surface area (Å²) < 4.78 is 27.6. The molecule has 0 spiro atoms. The van der Waals surface area contributed by atoms with Crippen molar-refractivity contribution in [1.82, 2.24) is 40.0 Å². The third-order valence-corrected chi connectivity index (χ3v) is 7.46. The number of nitrogens with zero attached hydrogens (tertiary/aromatic N) is 6. The van der Waals surface area contributed by atoms with Crippen molar-refractivity contribution >= 4 is 22.1 Å². The van der Waals surface area contributed by atoms with Gasteiger partial charge in [-0.2, -0.15) is 5.10 Å². The average Bonchev–Trinajstić information content (AvgIpc) is 3.68. The van der Waals surface area contributed by atoms with E-state index in [1.54, 1.807) is 31.0 Å². The van der Waals surface area contributed by atoms with E-state index >= 15 is 0 Å².